The molecule has 0 bridgehead atoms. The van der Waals surface area contributed by atoms with E-state index in [4.69, 9.17) is 39.5 Å². The molecule has 2 aromatic rings. The van der Waals surface area contributed by atoms with Crippen LogP contribution >= 0.6 is 44.0 Å². The molecule has 1 aromatic carbocycles. The molecule has 2 rings (SSSR count). The van der Waals surface area contributed by atoms with Crippen LogP contribution in [-0.4, -0.2) is 43.9 Å². The average Bonchev–Trinajstić information content (AvgIpc) is 2.63. The predicted molar refractivity (Wildman–Crippen MR) is 112 cm³/mol. The second kappa shape index (κ2) is 10.3. The van der Waals surface area contributed by atoms with Gasteiger partial charge < -0.3 is 15.4 Å². The first-order valence-corrected chi connectivity index (χ1v) is 9.82. The molecular formula is C17H19Cl3N3O2P. The fourth-order valence-electron chi connectivity index (χ4n) is 2.24. The van der Waals surface area contributed by atoms with Crippen LogP contribution in [0.1, 0.15) is 10.5 Å². The molecule has 26 heavy (non-hydrogen) atoms. The number of aromatic nitrogens is 1. The summed E-state index contributed by atoms with van der Waals surface area (Å²) in [5, 5.41) is 6.92. The number of benzene rings is 1. The molecule has 0 spiro atoms. The predicted octanol–water partition coefficient (Wildman–Crippen LogP) is 4.37. The third-order valence-electron chi connectivity index (χ3n) is 3.44. The van der Waals surface area contributed by atoms with Gasteiger partial charge in [0, 0.05) is 29.7 Å². The molecule has 0 aliphatic heterocycles. The van der Waals surface area contributed by atoms with Gasteiger partial charge in [0.25, 0.3) is 5.91 Å². The molecule has 1 amide bonds. The first-order chi connectivity index (χ1) is 12.5. The number of nitrogens with zero attached hydrogens (tertiary/aromatic N) is 1. The molecule has 1 aromatic heterocycles. The molecule has 0 aliphatic rings. The van der Waals surface area contributed by atoms with Crippen molar-refractivity contribution in [2.75, 3.05) is 38.3 Å². The zero-order chi connectivity index (χ0) is 19.1. The van der Waals surface area contributed by atoms with Crippen LogP contribution in [-0.2, 0) is 4.74 Å². The van der Waals surface area contributed by atoms with E-state index in [-0.39, 0.29) is 11.6 Å². The van der Waals surface area contributed by atoms with Gasteiger partial charge in [0.1, 0.15) is 11.5 Å². The highest BCUT2D eigenvalue weighted by Crippen LogP contribution is 2.39. The number of nitrogens with one attached hydrogen (secondary N) is 2. The molecular weight excluding hydrogens is 416 g/mol. The highest BCUT2D eigenvalue weighted by atomic mass is 35.5. The zero-order valence-electron chi connectivity index (χ0n) is 14.1. The van der Waals surface area contributed by atoms with E-state index in [1.165, 1.54) is 0 Å². The lowest BCUT2D eigenvalue weighted by Gasteiger charge is -2.15. The number of ether oxygens (including phenoxy) is 1. The van der Waals surface area contributed by atoms with E-state index in [1.54, 1.807) is 31.3 Å². The number of halogens is 3. The van der Waals surface area contributed by atoms with Crippen molar-refractivity contribution in [2.45, 2.75) is 0 Å². The van der Waals surface area contributed by atoms with Crippen LogP contribution < -0.4 is 10.6 Å². The molecule has 5 nitrogen and oxygen atoms in total. The van der Waals surface area contributed by atoms with E-state index in [2.05, 4.69) is 24.9 Å². The Morgan fingerprint density at radius 2 is 1.96 bits per heavy atom. The van der Waals surface area contributed by atoms with Gasteiger partial charge in [0.2, 0.25) is 0 Å². The van der Waals surface area contributed by atoms with Crippen molar-refractivity contribution in [3.05, 3.63) is 45.0 Å². The fraction of sp³-hybridized carbons (Fsp3) is 0.294. The highest BCUT2D eigenvalue weighted by molar-refractivity contribution is 7.16. The Morgan fingerprint density at radius 3 is 2.65 bits per heavy atom. The van der Waals surface area contributed by atoms with Gasteiger partial charge in [-0.1, -0.05) is 34.8 Å². The molecule has 1 heterocycles. The Morgan fingerprint density at radius 1 is 1.19 bits per heavy atom. The topological polar surface area (TPSA) is 63.2 Å². The highest BCUT2D eigenvalue weighted by Gasteiger charge is 2.16. The van der Waals surface area contributed by atoms with Crippen LogP contribution in [0.2, 0.25) is 15.1 Å². The standard InChI is InChI=1S/C17H19Cl3N3O2P/c1-21-17(24)14-3-2-11(12-8-10(18)9-13(19)15(12)20)16(23-14)22-4-5-25-6-7-26/h2-3,8-9H,4-7,26H2,1H3,(H,21,24)(H,22,23). The molecule has 2 N–H and O–H groups in total. The van der Waals surface area contributed by atoms with Gasteiger partial charge in [-0.2, -0.15) is 0 Å². The molecule has 0 saturated heterocycles. The number of carbonyl (C=O) groups excluding carboxylic acids is 1. The SMILES string of the molecule is CNC(=O)c1ccc(-c2cc(Cl)cc(Cl)c2Cl)c(NCCOCCP)n1. The number of pyridine rings is 1. The van der Waals surface area contributed by atoms with Crippen molar-refractivity contribution in [2.24, 2.45) is 0 Å². The number of amides is 1. The maximum Gasteiger partial charge on any atom is 0.269 e. The van der Waals surface area contributed by atoms with E-state index in [9.17, 15) is 4.79 Å². The van der Waals surface area contributed by atoms with Gasteiger partial charge in [-0.25, -0.2) is 4.98 Å². The van der Waals surface area contributed by atoms with Crippen LogP contribution in [0.25, 0.3) is 11.1 Å². The van der Waals surface area contributed by atoms with Gasteiger partial charge in [0.05, 0.1) is 23.3 Å². The third kappa shape index (κ3) is 5.45. The van der Waals surface area contributed by atoms with Gasteiger partial charge in [0.15, 0.2) is 0 Å². The van der Waals surface area contributed by atoms with E-state index in [0.29, 0.717) is 51.8 Å². The smallest absolute Gasteiger partial charge is 0.269 e. The van der Waals surface area contributed by atoms with Crippen molar-refractivity contribution in [1.82, 2.24) is 10.3 Å². The summed E-state index contributed by atoms with van der Waals surface area (Å²) in [6, 6.07) is 6.67. The summed E-state index contributed by atoms with van der Waals surface area (Å²) in [6.07, 6.45) is 0.867. The number of carbonyl (C=O) groups is 1. The van der Waals surface area contributed by atoms with Crippen molar-refractivity contribution in [1.29, 1.82) is 0 Å². The van der Waals surface area contributed by atoms with Crippen LogP contribution in [0.5, 0.6) is 0 Å². The van der Waals surface area contributed by atoms with Gasteiger partial charge in [-0.05, 0) is 30.4 Å². The minimum absolute atomic E-state index is 0.283. The Hall–Kier alpha value is -1.10. The summed E-state index contributed by atoms with van der Waals surface area (Å²) >= 11 is 18.6. The molecule has 0 fully saturated rings. The first kappa shape index (κ1) is 21.2. The van der Waals surface area contributed by atoms with Gasteiger partial charge in [-0.15, -0.1) is 9.24 Å². The van der Waals surface area contributed by atoms with E-state index in [0.717, 1.165) is 6.16 Å². The summed E-state index contributed by atoms with van der Waals surface area (Å²) in [4.78, 5) is 16.3. The fourth-order valence-corrected chi connectivity index (χ4v) is 3.12. The molecule has 1 unspecified atom stereocenters. The second-order valence-corrected chi connectivity index (χ2v) is 7.05. The lowest BCUT2D eigenvalue weighted by atomic mass is 10.1. The Balaban J connectivity index is 2.39. The summed E-state index contributed by atoms with van der Waals surface area (Å²) in [6.45, 7) is 1.68. The summed E-state index contributed by atoms with van der Waals surface area (Å²) in [5.74, 6) is 0.217. The number of hydrogen-bond acceptors (Lipinski definition) is 4. The molecule has 0 saturated carbocycles. The van der Waals surface area contributed by atoms with Gasteiger partial charge >= 0.3 is 0 Å². The van der Waals surface area contributed by atoms with E-state index < -0.39 is 0 Å². The lowest BCUT2D eigenvalue weighted by Crippen LogP contribution is -2.20. The first-order valence-electron chi connectivity index (χ1n) is 7.87. The van der Waals surface area contributed by atoms with Gasteiger partial charge in [-0.3, -0.25) is 4.79 Å². The minimum atomic E-state index is -0.283. The molecule has 1 atom stereocenters. The molecule has 140 valence electrons. The number of anilines is 1. The number of hydrogen-bond donors (Lipinski definition) is 2. The molecule has 0 radical (unpaired) electrons. The monoisotopic (exact) mass is 433 g/mol. The maximum absolute atomic E-state index is 11.9. The summed E-state index contributed by atoms with van der Waals surface area (Å²) < 4.78 is 5.45. The van der Waals surface area contributed by atoms with E-state index in [1.807, 2.05) is 0 Å². The zero-order valence-corrected chi connectivity index (χ0v) is 17.5. The van der Waals surface area contributed by atoms with Crippen molar-refractivity contribution >= 4 is 55.8 Å². The quantitative estimate of drug-likeness (QED) is 0.368. The lowest BCUT2D eigenvalue weighted by molar-refractivity contribution is 0.0958. The largest absolute Gasteiger partial charge is 0.379 e. The summed E-state index contributed by atoms with van der Waals surface area (Å²) in [7, 11) is 4.16. The normalized spacial score (nSPS) is 10.7. The van der Waals surface area contributed by atoms with Crippen molar-refractivity contribution < 1.29 is 9.53 Å². The number of rotatable bonds is 8. The maximum atomic E-state index is 11.9. The Bertz CT molecular complexity index is 790. The van der Waals surface area contributed by atoms with Crippen LogP contribution in [0.3, 0.4) is 0 Å². The second-order valence-electron chi connectivity index (χ2n) is 5.25. The van der Waals surface area contributed by atoms with E-state index >= 15 is 0 Å². The van der Waals surface area contributed by atoms with Crippen LogP contribution in [0, 0.1) is 0 Å². The van der Waals surface area contributed by atoms with Crippen LogP contribution in [0.15, 0.2) is 24.3 Å². The Labute approximate surface area is 170 Å². The van der Waals surface area contributed by atoms with Crippen LogP contribution in [0.4, 0.5) is 5.82 Å². The van der Waals surface area contributed by atoms with Crippen molar-refractivity contribution in [3.63, 3.8) is 0 Å². The Kier molecular flexibility index (Phi) is 8.39. The molecule has 0 aliphatic carbocycles. The van der Waals surface area contributed by atoms with Crippen molar-refractivity contribution in [3.8, 4) is 11.1 Å². The third-order valence-corrected chi connectivity index (χ3v) is 4.70. The average molecular weight is 435 g/mol. The molecule has 9 heteroatoms. The summed E-state index contributed by atoms with van der Waals surface area (Å²) in [5.41, 5.74) is 1.61. The minimum Gasteiger partial charge on any atom is -0.379 e.